The summed E-state index contributed by atoms with van der Waals surface area (Å²) in [6.07, 6.45) is 4.56. The van der Waals surface area contributed by atoms with E-state index in [-0.39, 0.29) is 5.78 Å². The quantitative estimate of drug-likeness (QED) is 0.660. The predicted molar refractivity (Wildman–Crippen MR) is 70.2 cm³/mol. The number of hydrogen-bond acceptors (Lipinski definition) is 4. The molecule has 0 aliphatic carbocycles. The molecule has 0 radical (unpaired) electrons. The maximum absolute atomic E-state index is 12.4. The van der Waals surface area contributed by atoms with E-state index >= 15 is 0 Å². The number of carbonyl (C=O) groups excluding carboxylic acids is 1. The third kappa shape index (κ3) is 2.22. The van der Waals surface area contributed by atoms with Gasteiger partial charge in [0.25, 0.3) is 0 Å². The average molecular weight is 241 g/mol. The zero-order valence-corrected chi connectivity index (χ0v) is 10.4. The van der Waals surface area contributed by atoms with Crippen LogP contribution in [0.5, 0.6) is 0 Å². The molecule has 4 nitrogen and oxygen atoms in total. The molecular weight excluding hydrogens is 226 g/mol. The van der Waals surface area contributed by atoms with Crippen LogP contribution in [0, 0.1) is 0 Å². The second-order valence-electron chi connectivity index (χ2n) is 4.67. The normalized spacial score (nSPS) is 11.2. The Morgan fingerprint density at radius 1 is 1.17 bits per heavy atom. The molecule has 1 heterocycles. The van der Waals surface area contributed by atoms with Crippen LogP contribution in [0.4, 0.5) is 5.69 Å². The first-order chi connectivity index (χ1) is 8.51. The Balaban J connectivity index is 2.37. The SMILES string of the molecule is CC(C)(C(=O)c1cnccn1)c1ccc(N)cc1. The van der Waals surface area contributed by atoms with Crippen LogP contribution in [-0.2, 0) is 5.41 Å². The first-order valence-electron chi connectivity index (χ1n) is 5.68. The Labute approximate surface area is 106 Å². The van der Waals surface area contributed by atoms with Crippen LogP contribution < -0.4 is 5.73 Å². The third-order valence-corrected chi connectivity index (χ3v) is 3.00. The number of anilines is 1. The van der Waals surface area contributed by atoms with Gasteiger partial charge in [-0.15, -0.1) is 0 Å². The fourth-order valence-electron chi connectivity index (χ4n) is 1.77. The minimum absolute atomic E-state index is 0.0552. The lowest BCUT2D eigenvalue weighted by atomic mass is 9.79. The number of rotatable bonds is 3. The van der Waals surface area contributed by atoms with Crippen molar-refractivity contribution >= 4 is 11.5 Å². The molecule has 1 aromatic heterocycles. The summed E-state index contributed by atoms with van der Waals surface area (Å²) in [4.78, 5) is 20.4. The lowest BCUT2D eigenvalue weighted by molar-refractivity contribution is 0.0903. The molecule has 0 amide bonds. The molecular formula is C14H15N3O. The van der Waals surface area contributed by atoms with Gasteiger partial charge >= 0.3 is 0 Å². The minimum Gasteiger partial charge on any atom is -0.399 e. The van der Waals surface area contributed by atoms with E-state index in [9.17, 15) is 4.79 Å². The number of carbonyl (C=O) groups is 1. The number of nitrogens with two attached hydrogens (primary N) is 1. The largest absolute Gasteiger partial charge is 0.399 e. The van der Waals surface area contributed by atoms with Gasteiger partial charge in [0.15, 0.2) is 5.78 Å². The maximum Gasteiger partial charge on any atom is 0.192 e. The van der Waals surface area contributed by atoms with Gasteiger partial charge in [0.05, 0.1) is 11.6 Å². The number of aromatic nitrogens is 2. The number of Topliss-reactive ketones (excluding diaryl/α,β-unsaturated/α-hetero) is 1. The highest BCUT2D eigenvalue weighted by molar-refractivity contribution is 6.01. The topological polar surface area (TPSA) is 68.9 Å². The van der Waals surface area contributed by atoms with Crippen molar-refractivity contribution in [2.24, 2.45) is 0 Å². The molecule has 0 saturated carbocycles. The van der Waals surface area contributed by atoms with Crippen molar-refractivity contribution in [1.82, 2.24) is 9.97 Å². The highest BCUT2D eigenvalue weighted by Crippen LogP contribution is 2.27. The molecule has 92 valence electrons. The zero-order valence-electron chi connectivity index (χ0n) is 10.4. The fraction of sp³-hybridized carbons (Fsp3) is 0.214. The highest BCUT2D eigenvalue weighted by atomic mass is 16.1. The molecule has 0 aliphatic rings. The van der Waals surface area contributed by atoms with Gasteiger partial charge in [-0.1, -0.05) is 12.1 Å². The summed E-state index contributed by atoms with van der Waals surface area (Å²) in [6, 6.07) is 7.31. The summed E-state index contributed by atoms with van der Waals surface area (Å²) in [5.41, 5.74) is 6.97. The van der Waals surface area contributed by atoms with E-state index in [4.69, 9.17) is 5.73 Å². The fourth-order valence-corrected chi connectivity index (χ4v) is 1.77. The smallest absolute Gasteiger partial charge is 0.192 e. The number of nitrogen functional groups attached to an aromatic ring is 1. The maximum atomic E-state index is 12.4. The molecule has 0 aliphatic heterocycles. The summed E-state index contributed by atoms with van der Waals surface area (Å²) in [5.74, 6) is -0.0552. The lowest BCUT2D eigenvalue weighted by Gasteiger charge is -2.23. The van der Waals surface area contributed by atoms with Crippen molar-refractivity contribution in [3.8, 4) is 0 Å². The van der Waals surface area contributed by atoms with Crippen molar-refractivity contribution in [1.29, 1.82) is 0 Å². The summed E-state index contributed by atoms with van der Waals surface area (Å²) >= 11 is 0. The predicted octanol–water partition coefficient (Wildman–Crippen LogP) is 2.22. The molecule has 0 saturated heterocycles. The first kappa shape index (κ1) is 12.2. The standard InChI is InChI=1S/C14H15N3O/c1-14(2,10-3-5-11(15)6-4-10)13(18)12-9-16-7-8-17-12/h3-9H,15H2,1-2H3. The minimum atomic E-state index is -0.649. The van der Waals surface area contributed by atoms with Gasteiger partial charge in [-0.25, -0.2) is 4.98 Å². The summed E-state index contributed by atoms with van der Waals surface area (Å²) in [6.45, 7) is 3.74. The molecule has 2 N–H and O–H groups in total. The summed E-state index contributed by atoms with van der Waals surface area (Å²) in [7, 11) is 0. The van der Waals surface area contributed by atoms with E-state index < -0.39 is 5.41 Å². The third-order valence-electron chi connectivity index (χ3n) is 3.00. The number of ketones is 1. The van der Waals surface area contributed by atoms with Crippen molar-refractivity contribution in [2.45, 2.75) is 19.3 Å². The zero-order chi connectivity index (χ0) is 13.2. The van der Waals surface area contributed by atoms with Crippen LogP contribution in [0.2, 0.25) is 0 Å². The van der Waals surface area contributed by atoms with Crippen molar-refractivity contribution < 1.29 is 4.79 Å². The van der Waals surface area contributed by atoms with Gasteiger partial charge in [-0.3, -0.25) is 9.78 Å². The Morgan fingerprint density at radius 3 is 2.39 bits per heavy atom. The molecule has 0 atom stereocenters. The van der Waals surface area contributed by atoms with Crippen LogP contribution in [-0.4, -0.2) is 15.8 Å². The van der Waals surface area contributed by atoms with Gasteiger partial charge in [-0.2, -0.15) is 0 Å². The van der Waals surface area contributed by atoms with Crippen LogP contribution in [0.3, 0.4) is 0 Å². The second-order valence-corrected chi connectivity index (χ2v) is 4.67. The number of benzene rings is 1. The molecule has 1 aromatic carbocycles. The molecule has 0 unspecified atom stereocenters. The Kier molecular flexibility index (Phi) is 3.10. The van der Waals surface area contributed by atoms with E-state index in [1.165, 1.54) is 12.4 Å². The Bertz CT molecular complexity index is 547. The lowest BCUT2D eigenvalue weighted by Crippen LogP contribution is -2.29. The molecule has 0 fully saturated rings. The molecule has 2 rings (SSSR count). The summed E-state index contributed by atoms with van der Waals surface area (Å²) in [5, 5.41) is 0. The van der Waals surface area contributed by atoms with Crippen LogP contribution in [0.15, 0.2) is 42.9 Å². The molecule has 2 aromatic rings. The van der Waals surface area contributed by atoms with Gasteiger partial charge in [0, 0.05) is 18.1 Å². The Morgan fingerprint density at radius 2 is 1.83 bits per heavy atom. The molecule has 4 heteroatoms. The van der Waals surface area contributed by atoms with Gasteiger partial charge in [0.1, 0.15) is 5.69 Å². The molecule has 0 spiro atoms. The van der Waals surface area contributed by atoms with Crippen molar-refractivity contribution in [3.05, 3.63) is 54.1 Å². The highest BCUT2D eigenvalue weighted by Gasteiger charge is 2.31. The average Bonchev–Trinajstić information content (AvgIpc) is 2.39. The van der Waals surface area contributed by atoms with Gasteiger partial charge < -0.3 is 5.73 Å². The second kappa shape index (κ2) is 4.56. The van der Waals surface area contributed by atoms with E-state index in [0.717, 1.165) is 5.56 Å². The van der Waals surface area contributed by atoms with E-state index in [1.807, 2.05) is 26.0 Å². The van der Waals surface area contributed by atoms with Gasteiger partial charge in [0.2, 0.25) is 0 Å². The monoisotopic (exact) mass is 241 g/mol. The summed E-state index contributed by atoms with van der Waals surface area (Å²) < 4.78 is 0. The van der Waals surface area contributed by atoms with Crippen LogP contribution in [0.1, 0.15) is 29.9 Å². The van der Waals surface area contributed by atoms with E-state index in [1.54, 1.807) is 18.3 Å². The van der Waals surface area contributed by atoms with Crippen LogP contribution in [0.25, 0.3) is 0 Å². The van der Waals surface area contributed by atoms with E-state index in [0.29, 0.717) is 11.4 Å². The molecule has 18 heavy (non-hydrogen) atoms. The van der Waals surface area contributed by atoms with Crippen molar-refractivity contribution in [3.63, 3.8) is 0 Å². The van der Waals surface area contributed by atoms with E-state index in [2.05, 4.69) is 9.97 Å². The van der Waals surface area contributed by atoms with Crippen molar-refractivity contribution in [2.75, 3.05) is 5.73 Å². The van der Waals surface area contributed by atoms with Gasteiger partial charge in [-0.05, 0) is 31.5 Å². The first-order valence-corrected chi connectivity index (χ1v) is 5.68. The van der Waals surface area contributed by atoms with Crippen LogP contribution >= 0.6 is 0 Å². The number of hydrogen-bond donors (Lipinski definition) is 1. The molecule has 0 bridgehead atoms. The number of nitrogens with zero attached hydrogens (tertiary/aromatic N) is 2. The Hall–Kier alpha value is -2.23.